The number of benzene rings is 1. The molecule has 0 radical (unpaired) electrons. The maximum Gasteiger partial charge on any atom is 0.260 e. The molecule has 186 valence electrons. The third kappa shape index (κ3) is 4.38. The summed E-state index contributed by atoms with van der Waals surface area (Å²) in [6, 6.07) is 8.77. The highest BCUT2D eigenvalue weighted by Crippen LogP contribution is 2.24. The van der Waals surface area contributed by atoms with Gasteiger partial charge in [0.1, 0.15) is 5.56 Å². The average molecular weight is 494 g/mol. The summed E-state index contributed by atoms with van der Waals surface area (Å²) in [6.45, 7) is 7.56. The Morgan fingerprint density at radius 2 is 1.95 bits per heavy atom. The average Bonchev–Trinajstić information content (AvgIpc) is 3.43. The Kier molecular flexibility index (Phi) is 6.09. The van der Waals surface area contributed by atoms with Crippen LogP contribution in [0.25, 0.3) is 16.4 Å². The molecule has 0 spiro atoms. The van der Waals surface area contributed by atoms with Crippen LogP contribution in [0.15, 0.2) is 59.9 Å². The molecule has 0 saturated heterocycles. The Labute approximate surface area is 213 Å². The normalized spacial score (nSPS) is 12.1. The molecule has 5 rings (SSSR count). The summed E-state index contributed by atoms with van der Waals surface area (Å²) in [7, 11) is 1.83. The number of carbonyl (C=O) groups excluding carboxylic acids is 1. The van der Waals surface area contributed by atoms with Gasteiger partial charge in [-0.1, -0.05) is 24.0 Å². The fourth-order valence-corrected chi connectivity index (χ4v) is 4.60. The van der Waals surface area contributed by atoms with Gasteiger partial charge in [-0.3, -0.25) is 14.3 Å². The van der Waals surface area contributed by atoms with Crippen molar-refractivity contribution >= 4 is 22.3 Å². The van der Waals surface area contributed by atoms with Crippen LogP contribution >= 0.6 is 0 Å². The lowest BCUT2D eigenvalue weighted by atomic mass is 10.0. The number of aryl methyl sites for hydroxylation is 2. The predicted octanol–water partition coefficient (Wildman–Crippen LogP) is 3.56. The van der Waals surface area contributed by atoms with E-state index in [4.69, 9.17) is 0 Å². The van der Waals surface area contributed by atoms with Gasteiger partial charge in [0, 0.05) is 42.9 Å². The molecule has 1 aromatic carbocycles. The van der Waals surface area contributed by atoms with E-state index in [1.165, 1.54) is 0 Å². The standard InChI is InChI=1S/C28H27N7O2/c1-17(2)35-23(18(3)31-27(36)24-19(4)32-34-13-7-12-29-26(24)34)14-22-9-6-8-21(25(22)28(35)37)11-10-20-15-30-33(5)16-20/h6-9,12-18H,1-5H3,(H,31,36). The molecular formula is C28H27N7O2. The molecule has 9 heteroatoms. The topological polar surface area (TPSA) is 99.1 Å². The van der Waals surface area contributed by atoms with E-state index < -0.39 is 6.04 Å². The minimum atomic E-state index is -0.449. The number of hydrogen-bond donors (Lipinski definition) is 1. The van der Waals surface area contributed by atoms with Crippen LogP contribution in [0.1, 0.15) is 65.7 Å². The zero-order valence-electron chi connectivity index (χ0n) is 21.4. The summed E-state index contributed by atoms with van der Waals surface area (Å²) in [4.78, 5) is 31.5. The Balaban J connectivity index is 1.57. The second-order valence-corrected chi connectivity index (χ2v) is 9.30. The van der Waals surface area contributed by atoms with Gasteiger partial charge < -0.3 is 9.88 Å². The molecule has 1 unspecified atom stereocenters. The number of aromatic nitrogens is 6. The highest BCUT2D eigenvalue weighted by molar-refractivity contribution is 6.01. The molecule has 5 aromatic rings. The summed E-state index contributed by atoms with van der Waals surface area (Å²) in [6.07, 6.45) is 6.90. The van der Waals surface area contributed by atoms with Crippen molar-refractivity contribution in [3.8, 4) is 11.8 Å². The number of carbonyl (C=O) groups is 1. The Hall–Kier alpha value is -4.71. The zero-order chi connectivity index (χ0) is 26.3. The van der Waals surface area contributed by atoms with Crippen LogP contribution in [0.3, 0.4) is 0 Å². The zero-order valence-corrected chi connectivity index (χ0v) is 21.4. The molecule has 9 nitrogen and oxygen atoms in total. The van der Waals surface area contributed by atoms with Crippen molar-refractivity contribution in [3.63, 3.8) is 0 Å². The van der Waals surface area contributed by atoms with Crippen molar-refractivity contribution in [3.05, 3.63) is 93.6 Å². The van der Waals surface area contributed by atoms with Crippen LogP contribution in [0.5, 0.6) is 0 Å². The van der Waals surface area contributed by atoms with Crippen LogP contribution in [0.4, 0.5) is 0 Å². The lowest BCUT2D eigenvalue weighted by Crippen LogP contribution is -2.33. The number of pyridine rings is 1. The van der Waals surface area contributed by atoms with Gasteiger partial charge in [-0.05, 0) is 51.3 Å². The van der Waals surface area contributed by atoms with E-state index in [1.54, 1.807) is 45.3 Å². The first-order valence-corrected chi connectivity index (χ1v) is 12.0. The van der Waals surface area contributed by atoms with Crippen molar-refractivity contribution in [2.24, 2.45) is 7.05 Å². The van der Waals surface area contributed by atoms with Crippen molar-refractivity contribution < 1.29 is 4.79 Å². The molecule has 37 heavy (non-hydrogen) atoms. The van der Waals surface area contributed by atoms with Gasteiger partial charge >= 0.3 is 0 Å². The molecule has 0 aliphatic carbocycles. The molecule has 4 aromatic heterocycles. The summed E-state index contributed by atoms with van der Waals surface area (Å²) in [5.41, 5.74) is 3.47. The van der Waals surface area contributed by atoms with Crippen LogP contribution in [-0.4, -0.2) is 34.9 Å². The number of rotatable bonds is 4. The molecule has 0 fully saturated rings. The van der Waals surface area contributed by atoms with E-state index in [0.29, 0.717) is 33.5 Å². The first kappa shape index (κ1) is 24.0. The molecule has 1 N–H and O–H groups in total. The van der Waals surface area contributed by atoms with E-state index in [9.17, 15) is 9.59 Å². The summed E-state index contributed by atoms with van der Waals surface area (Å²) < 4.78 is 5.00. The van der Waals surface area contributed by atoms with E-state index in [2.05, 4.69) is 32.3 Å². The number of nitrogens with one attached hydrogen (secondary N) is 1. The predicted molar refractivity (Wildman–Crippen MR) is 141 cm³/mol. The van der Waals surface area contributed by atoms with Gasteiger partial charge in [-0.2, -0.15) is 10.2 Å². The van der Waals surface area contributed by atoms with Crippen molar-refractivity contribution in [1.82, 2.24) is 34.3 Å². The van der Waals surface area contributed by atoms with Gasteiger partial charge in [-0.25, -0.2) is 9.50 Å². The fraction of sp³-hybridized carbons (Fsp3) is 0.250. The Morgan fingerprint density at radius 1 is 1.14 bits per heavy atom. The first-order chi connectivity index (χ1) is 17.7. The van der Waals surface area contributed by atoms with Gasteiger partial charge in [0.15, 0.2) is 5.65 Å². The van der Waals surface area contributed by atoms with Crippen molar-refractivity contribution in [2.45, 2.75) is 39.8 Å². The number of hydrogen-bond acceptors (Lipinski definition) is 5. The third-order valence-electron chi connectivity index (χ3n) is 6.26. The van der Waals surface area contributed by atoms with E-state index in [-0.39, 0.29) is 17.5 Å². The molecule has 0 saturated carbocycles. The maximum atomic E-state index is 13.8. The molecule has 0 aliphatic rings. The number of amides is 1. The second kappa shape index (κ2) is 9.39. The van der Waals surface area contributed by atoms with E-state index in [0.717, 1.165) is 10.9 Å². The van der Waals surface area contributed by atoms with Gasteiger partial charge in [0.2, 0.25) is 0 Å². The summed E-state index contributed by atoms with van der Waals surface area (Å²) >= 11 is 0. The van der Waals surface area contributed by atoms with Crippen molar-refractivity contribution in [2.75, 3.05) is 0 Å². The minimum absolute atomic E-state index is 0.133. The molecule has 1 amide bonds. The molecule has 0 aliphatic heterocycles. The van der Waals surface area contributed by atoms with Crippen LogP contribution in [0.2, 0.25) is 0 Å². The number of nitrogens with zero attached hydrogens (tertiary/aromatic N) is 6. The molecule has 0 bridgehead atoms. The Morgan fingerprint density at radius 3 is 2.68 bits per heavy atom. The lowest BCUT2D eigenvalue weighted by molar-refractivity contribution is 0.0939. The van der Waals surface area contributed by atoms with Crippen LogP contribution in [0, 0.1) is 18.8 Å². The van der Waals surface area contributed by atoms with Crippen molar-refractivity contribution in [1.29, 1.82) is 0 Å². The van der Waals surface area contributed by atoms with Gasteiger partial charge in [0.25, 0.3) is 11.5 Å². The monoisotopic (exact) mass is 493 g/mol. The maximum absolute atomic E-state index is 13.8. The highest BCUT2D eigenvalue weighted by atomic mass is 16.2. The van der Waals surface area contributed by atoms with Gasteiger partial charge in [-0.15, -0.1) is 0 Å². The summed E-state index contributed by atoms with van der Waals surface area (Å²) in [5.74, 6) is 5.95. The minimum Gasteiger partial charge on any atom is -0.344 e. The number of fused-ring (bicyclic) bond motifs is 2. The SMILES string of the molecule is Cc1nn2cccnc2c1C(=O)NC(C)c1cc2cccc(C#Cc3cnn(C)c3)c2c(=O)n1C(C)C. The first-order valence-electron chi connectivity index (χ1n) is 12.0. The second-order valence-electron chi connectivity index (χ2n) is 9.30. The van der Waals surface area contributed by atoms with E-state index in [1.807, 2.05) is 58.3 Å². The summed E-state index contributed by atoms with van der Waals surface area (Å²) in [5, 5.41) is 12.9. The largest absolute Gasteiger partial charge is 0.344 e. The van der Waals surface area contributed by atoms with Crippen LogP contribution in [-0.2, 0) is 7.05 Å². The smallest absolute Gasteiger partial charge is 0.260 e. The molecular weight excluding hydrogens is 466 g/mol. The molecule has 4 heterocycles. The third-order valence-corrected chi connectivity index (χ3v) is 6.26. The lowest BCUT2D eigenvalue weighted by Gasteiger charge is -2.23. The molecule has 1 atom stereocenters. The highest BCUT2D eigenvalue weighted by Gasteiger charge is 2.23. The van der Waals surface area contributed by atoms with E-state index >= 15 is 0 Å². The quantitative estimate of drug-likeness (QED) is 0.386. The Bertz CT molecular complexity index is 1780. The fourth-order valence-electron chi connectivity index (χ4n) is 4.60. The van der Waals surface area contributed by atoms with Gasteiger partial charge in [0.05, 0.1) is 28.9 Å². The van der Waals surface area contributed by atoms with Crippen LogP contribution < -0.4 is 10.9 Å².